The third-order valence-electron chi connectivity index (χ3n) is 6.95. The number of ether oxygens (including phenoxy) is 4. The standard InChI is InChI=1S/C22H38O5/c1-6-25-18(23)9-7-8-16-12-13-22(14-26-22)20(19(16)24-5)21(4)17(27-21)11-10-15(2)3/h15-17,19-20H,6-14H2,1-5H3/t16?,17-,19-,20-,21-,22+/m1/s1. The van der Waals surface area contributed by atoms with E-state index in [-0.39, 0.29) is 29.2 Å². The highest BCUT2D eigenvalue weighted by Crippen LogP contribution is 2.60. The van der Waals surface area contributed by atoms with E-state index in [0.29, 0.717) is 31.0 Å². The Balaban J connectivity index is 1.62. The Labute approximate surface area is 164 Å². The second-order valence-electron chi connectivity index (χ2n) is 9.29. The lowest BCUT2D eigenvalue weighted by molar-refractivity contribution is -0.143. The second-order valence-corrected chi connectivity index (χ2v) is 9.29. The molecule has 2 aliphatic heterocycles. The van der Waals surface area contributed by atoms with Crippen LogP contribution < -0.4 is 0 Å². The molecule has 1 saturated carbocycles. The molecule has 156 valence electrons. The molecular formula is C22H38O5. The first-order valence-corrected chi connectivity index (χ1v) is 10.9. The summed E-state index contributed by atoms with van der Waals surface area (Å²) in [7, 11) is 1.83. The Morgan fingerprint density at radius 1 is 1.30 bits per heavy atom. The average Bonchev–Trinajstić information content (AvgIpc) is 3.52. The number of hydrogen-bond acceptors (Lipinski definition) is 5. The highest BCUT2D eigenvalue weighted by Gasteiger charge is 2.71. The minimum atomic E-state index is -0.133. The summed E-state index contributed by atoms with van der Waals surface area (Å²) in [5.41, 5.74) is -0.175. The molecule has 3 rings (SSSR count). The van der Waals surface area contributed by atoms with Crippen molar-refractivity contribution in [3.05, 3.63) is 0 Å². The Bertz CT molecular complexity index is 515. The minimum Gasteiger partial charge on any atom is -0.466 e. The largest absolute Gasteiger partial charge is 0.466 e. The summed E-state index contributed by atoms with van der Waals surface area (Å²) in [6.07, 6.45) is 7.31. The van der Waals surface area contributed by atoms with E-state index >= 15 is 0 Å². The third-order valence-corrected chi connectivity index (χ3v) is 6.95. The molecule has 0 amide bonds. The minimum absolute atomic E-state index is 0.0420. The third kappa shape index (κ3) is 4.51. The van der Waals surface area contributed by atoms with E-state index in [2.05, 4.69) is 20.8 Å². The Hall–Kier alpha value is -0.650. The van der Waals surface area contributed by atoms with E-state index in [9.17, 15) is 4.79 Å². The maximum absolute atomic E-state index is 11.7. The molecule has 0 bridgehead atoms. The van der Waals surface area contributed by atoms with E-state index in [0.717, 1.165) is 38.7 Å². The molecule has 1 unspecified atom stereocenters. The lowest BCUT2D eigenvalue weighted by Gasteiger charge is -2.43. The van der Waals surface area contributed by atoms with E-state index in [4.69, 9.17) is 18.9 Å². The van der Waals surface area contributed by atoms with Crippen LogP contribution in [0.25, 0.3) is 0 Å². The molecule has 2 saturated heterocycles. The van der Waals surface area contributed by atoms with Gasteiger partial charge in [-0.2, -0.15) is 0 Å². The average molecular weight is 383 g/mol. The first kappa shape index (κ1) is 21.1. The van der Waals surface area contributed by atoms with Gasteiger partial charge in [-0.1, -0.05) is 13.8 Å². The Kier molecular flexibility index (Phi) is 6.54. The van der Waals surface area contributed by atoms with Gasteiger partial charge in [-0.15, -0.1) is 0 Å². The van der Waals surface area contributed by atoms with Gasteiger partial charge in [0.25, 0.3) is 0 Å². The molecule has 0 radical (unpaired) electrons. The number of hydrogen-bond donors (Lipinski definition) is 0. The topological polar surface area (TPSA) is 60.6 Å². The van der Waals surface area contributed by atoms with E-state index in [1.54, 1.807) is 0 Å². The summed E-state index contributed by atoms with van der Waals surface area (Å²) in [5.74, 6) is 1.35. The van der Waals surface area contributed by atoms with Gasteiger partial charge in [-0.3, -0.25) is 4.79 Å². The zero-order valence-corrected chi connectivity index (χ0v) is 17.8. The number of epoxide rings is 2. The molecule has 3 aliphatic rings. The van der Waals surface area contributed by atoms with Crippen LogP contribution in [0.2, 0.25) is 0 Å². The van der Waals surface area contributed by atoms with Crippen molar-refractivity contribution in [1.29, 1.82) is 0 Å². The summed E-state index contributed by atoms with van der Waals surface area (Å²) in [5, 5.41) is 0. The lowest BCUT2D eigenvalue weighted by atomic mass is 9.64. The smallest absolute Gasteiger partial charge is 0.305 e. The van der Waals surface area contributed by atoms with Crippen LogP contribution in [0.3, 0.4) is 0 Å². The van der Waals surface area contributed by atoms with Crippen molar-refractivity contribution in [3.8, 4) is 0 Å². The maximum Gasteiger partial charge on any atom is 0.305 e. The summed E-state index contributed by atoms with van der Waals surface area (Å²) >= 11 is 0. The van der Waals surface area contributed by atoms with Crippen molar-refractivity contribution in [2.24, 2.45) is 17.8 Å². The van der Waals surface area contributed by atoms with Crippen LogP contribution in [0, 0.1) is 17.8 Å². The normalized spacial score (nSPS) is 40.4. The van der Waals surface area contributed by atoms with E-state index < -0.39 is 0 Å². The van der Waals surface area contributed by atoms with Gasteiger partial charge in [0.2, 0.25) is 0 Å². The fourth-order valence-corrected chi connectivity index (χ4v) is 5.34. The van der Waals surface area contributed by atoms with Crippen LogP contribution in [-0.2, 0) is 23.7 Å². The molecular weight excluding hydrogens is 344 g/mol. The quantitative estimate of drug-likeness (QED) is 0.420. The van der Waals surface area contributed by atoms with Crippen molar-refractivity contribution >= 4 is 5.97 Å². The van der Waals surface area contributed by atoms with Gasteiger partial charge < -0.3 is 18.9 Å². The molecule has 27 heavy (non-hydrogen) atoms. The molecule has 1 aliphatic carbocycles. The summed E-state index contributed by atoms with van der Waals surface area (Å²) in [4.78, 5) is 11.7. The molecule has 1 spiro atoms. The van der Waals surface area contributed by atoms with Crippen molar-refractivity contribution < 1.29 is 23.7 Å². The molecule has 2 heterocycles. The summed E-state index contributed by atoms with van der Waals surface area (Å²) < 4.78 is 23.4. The lowest BCUT2D eigenvalue weighted by Crippen LogP contribution is -2.52. The first-order valence-electron chi connectivity index (χ1n) is 10.9. The summed E-state index contributed by atoms with van der Waals surface area (Å²) in [6.45, 7) is 9.94. The number of carbonyl (C=O) groups is 1. The van der Waals surface area contributed by atoms with Gasteiger partial charge in [-0.05, 0) is 64.2 Å². The number of methoxy groups -OCH3 is 1. The highest BCUT2D eigenvalue weighted by molar-refractivity contribution is 5.69. The van der Waals surface area contributed by atoms with Crippen molar-refractivity contribution in [2.45, 2.75) is 96.1 Å². The predicted molar refractivity (Wildman–Crippen MR) is 104 cm³/mol. The van der Waals surface area contributed by atoms with Gasteiger partial charge in [-0.25, -0.2) is 0 Å². The summed E-state index contributed by atoms with van der Waals surface area (Å²) in [6, 6.07) is 0. The molecule has 6 atom stereocenters. The molecule has 3 fully saturated rings. The molecule has 5 heteroatoms. The SMILES string of the molecule is CCOC(=O)CCCC1CC[C@]2(CO2)[C@@H]([C@]2(C)O[C@@H]2CCC(C)C)[C@@H]1OC. The maximum atomic E-state index is 11.7. The van der Waals surface area contributed by atoms with Crippen LogP contribution in [0.4, 0.5) is 0 Å². The van der Waals surface area contributed by atoms with Crippen molar-refractivity contribution in [2.75, 3.05) is 20.3 Å². The van der Waals surface area contributed by atoms with Gasteiger partial charge in [0.1, 0.15) is 5.60 Å². The molecule has 0 aromatic rings. The van der Waals surface area contributed by atoms with Gasteiger partial charge in [0.05, 0.1) is 31.0 Å². The van der Waals surface area contributed by atoms with Crippen LogP contribution in [0.5, 0.6) is 0 Å². The fraction of sp³-hybridized carbons (Fsp3) is 0.955. The second kappa shape index (κ2) is 8.38. The Morgan fingerprint density at radius 3 is 2.63 bits per heavy atom. The van der Waals surface area contributed by atoms with Gasteiger partial charge >= 0.3 is 5.97 Å². The number of carbonyl (C=O) groups excluding carboxylic acids is 1. The number of rotatable bonds is 10. The molecule has 0 N–H and O–H groups in total. The monoisotopic (exact) mass is 382 g/mol. The molecule has 0 aromatic heterocycles. The van der Waals surface area contributed by atoms with Crippen LogP contribution in [0.15, 0.2) is 0 Å². The Morgan fingerprint density at radius 2 is 2.04 bits per heavy atom. The van der Waals surface area contributed by atoms with Crippen LogP contribution in [-0.4, -0.2) is 49.7 Å². The molecule has 5 nitrogen and oxygen atoms in total. The zero-order chi connectivity index (χ0) is 19.7. The van der Waals surface area contributed by atoms with E-state index in [1.165, 1.54) is 6.42 Å². The highest BCUT2D eigenvalue weighted by atomic mass is 16.6. The fourth-order valence-electron chi connectivity index (χ4n) is 5.34. The van der Waals surface area contributed by atoms with Gasteiger partial charge in [0.15, 0.2) is 0 Å². The van der Waals surface area contributed by atoms with Gasteiger partial charge in [0, 0.05) is 19.4 Å². The predicted octanol–water partition coefficient (Wildman–Crippen LogP) is 4.12. The number of esters is 1. The van der Waals surface area contributed by atoms with Crippen molar-refractivity contribution in [3.63, 3.8) is 0 Å². The molecule has 0 aromatic carbocycles. The zero-order valence-electron chi connectivity index (χ0n) is 17.8. The van der Waals surface area contributed by atoms with E-state index in [1.807, 2.05) is 14.0 Å². The van der Waals surface area contributed by atoms with Crippen molar-refractivity contribution in [1.82, 2.24) is 0 Å². The van der Waals surface area contributed by atoms with Crippen LogP contribution >= 0.6 is 0 Å². The van der Waals surface area contributed by atoms with Crippen LogP contribution in [0.1, 0.15) is 72.6 Å². The first-order chi connectivity index (χ1) is 12.9.